The van der Waals surface area contributed by atoms with Crippen LogP contribution in [0.3, 0.4) is 0 Å². The van der Waals surface area contributed by atoms with Crippen molar-refractivity contribution in [3.63, 3.8) is 0 Å². The Hall–Kier alpha value is -3.44. The van der Waals surface area contributed by atoms with Crippen LogP contribution in [0.25, 0.3) is 21.9 Å². The minimum atomic E-state index is -0.816. The lowest BCUT2D eigenvalue weighted by Crippen LogP contribution is -1.95. The Labute approximate surface area is 172 Å². The third kappa shape index (κ3) is 4.89. The first-order chi connectivity index (χ1) is 14.2. The van der Waals surface area contributed by atoms with Crippen LogP contribution in [0.2, 0.25) is 0 Å². The topological polar surface area (TPSA) is 59.4 Å². The Kier molecular flexibility index (Phi) is 5.68. The number of allylic oxidation sites excluding steroid dienone is 1. The Morgan fingerprint density at radius 3 is 2.31 bits per heavy atom. The summed E-state index contributed by atoms with van der Waals surface area (Å²) in [6.45, 7) is 0. The van der Waals surface area contributed by atoms with Crippen LogP contribution >= 0.6 is 11.3 Å². The molecular formula is C24H19NO3S. The predicted molar refractivity (Wildman–Crippen MR) is 117 cm³/mol. The van der Waals surface area contributed by atoms with Gasteiger partial charge in [-0.1, -0.05) is 42.5 Å². The molecule has 4 rings (SSSR count). The van der Waals surface area contributed by atoms with Crippen LogP contribution < -0.4 is 4.74 Å². The number of carboxylic acid groups (broad SMARTS) is 1. The molecule has 0 aliphatic carbocycles. The number of rotatable bonds is 7. The normalized spacial score (nSPS) is 11.5. The number of carbonyl (C=O) groups is 1. The highest BCUT2D eigenvalue weighted by Crippen LogP contribution is 2.31. The molecule has 0 aliphatic rings. The number of para-hydroxylation sites is 2. The smallest absolute Gasteiger partial charge is 0.303 e. The summed E-state index contributed by atoms with van der Waals surface area (Å²) in [6.07, 6.45) is 2.50. The number of thiazole rings is 1. The van der Waals surface area contributed by atoms with E-state index in [1.165, 1.54) is 0 Å². The number of ether oxygens (including phenoxy) is 1. The van der Waals surface area contributed by atoms with E-state index in [0.717, 1.165) is 37.9 Å². The molecule has 144 valence electrons. The van der Waals surface area contributed by atoms with Crippen LogP contribution in [0.15, 0.2) is 78.9 Å². The predicted octanol–water partition coefficient (Wildman–Crippen LogP) is 6.49. The van der Waals surface area contributed by atoms with Crippen molar-refractivity contribution in [2.45, 2.75) is 12.8 Å². The first-order valence-electron chi connectivity index (χ1n) is 9.29. The second-order valence-corrected chi connectivity index (χ2v) is 7.56. The molecule has 0 unspecified atom stereocenters. The summed E-state index contributed by atoms with van der Waals surface area (Å²) in [7, 11) is 0. The Morgan fingerprint density at radius 2 is 1.59 bits per heavy atom. The fourth-order valence-corrected chi connectivity index (χ4v) is 3.96. The number of hydrogen-bond acceptors (Lipinski definition) is 4. The summed E-state index contributed by atoms with van der Waals surface area (Å²) >= 11 is 1.58. The van der Waals surface area contributed by atoms with Gasteiger partial charge in [0.1, 0.15) is 16.5 Å². The monoisotopic (exact) mass is 401 g/mol. The fourth-order valence-electron chi connectivity index (χ4n) is 2.95. The maximum atomic E-state index is 11.1. The van der Waals surface area contributed by atoms with Gasteiger partial charge in [-0.2, -0.15) is 0 Å². The molecule has 0 aliphatic heterocycles. The first kappa shape index (κ1) is 18.9. The quantitative estimate of drug-likeness (QED) is 0.384. The van der Waals surface area contributed by atoms with Crippen LogP contribution in [0, 0.1) is 0 Å². The minimum absolute atomic E-state index is 0.0664. The number of aliphatic carboxylic acids is 1. The lowest BCUT2D eigenvalue weighted by molar-refractivity contribution is -0.136. The Morgan fingerprint density at radius 1 is 0.897 bits per heavy atom. The summed E-state index contributed by atoms with van der Waals surface area (Å²) in [4.78, 5) is 15.8. The van der Waals surface area contributed by atoms with Gasteiger partial charge >= 0.3 is 5.97 Å². The van der Waals surface area contributed by atoms with Gasteiger partial charge in [0, 0.05) is 6.42 Å². The fraction of sp³-hybridized carbons (Fsp3) is 0.0833. The lowest BCUT2D eigenvalue weighted by Gasteiger charge is -2.06. The minimum Gasteiger partial charge on any atom is -0.481 e. The van der Waals surface area contributed by atoms with E-state index in [4.69, 9.17) is 14.8 Å². The number of carboxylic acids is 1. The van der Waals surface area contributed by atoms with Crippen molar-refractivity contribution in [2.75, 3.05) is 0 Å². The first-order valence-corrected chi connectivity index (χ1v) is 10.1. The standard InChI is InChI=1S/C24H19NO3S/c26-23(27)15-12-18(24-25-21-8-4-5-9-22(21)29-24)16-17-10-13-20(14-11-17)28-19-6-2-1-3-7-19/h1-11,13-14,16H,12,15H2,(H,26,27)/b18-16-. The zero-order chi connectivity index (χ0) is 20.1. The molecule has 0 bridgehead atoms. The maximum absolute atomic E-state index is 11.1. The van der Waals surface area contributed by atoms with E-state index >= 15 is 0 Å². The number of aromatic nitrogens is 1. The number of fused-ring (bicyclic) bond motifs is 1. The zero-order valence-corrected chi connectivity index (χ0v) is 16.4. The van der Waals surface area contributed by atoms with E-state index in [1.807, 2.05) is 84.9 Å². The van der Waals surface area contributed by atoms with E-state index < -0.39 is 5.97 Å². The van der Waals surface area contributed by atoms with Crippen molar-refractivity contribution in [2.24, 2.45) is 0 Å². The summed E-state index contributed by atoms with van der Waals surface area (Å²) in [5.74, 6) is 0.719. The molecule has 1 aromatic heterocycles. The second kappa shape index (κ2) is 8.71. The van der Waals surface area contributed by atoms with Crippen molar-refractivity contribution in [1.82, 2.24) is 4.98 Å². The van der Waals surface area contributed by atoms with Crippen LogP contribution in [0.5, 0.6) is 11.5 Å². The molecule has 0 fully saturated rings. The maximum Gasteiger partial charge on any atom is 0.303 e. The molecule has 0 radical (unpaired) electrons. The average Bonchev–Trinajstić information content (AvgIpc) is 3.17. The zero-order valence-electron chi connectivity index (χ0n) is 15.6. The van der Waals surface area contributed by atoms with Crippen LogP contribution in [0.4, 0.5) is 0 Å². The van der Waals surface area contributed by atoms with Gasteiger partial charge in [0.2, 0.25) is 0 Å². The van der Waals surface area contributed by atoms with E-state index in [1.54, 1.807) is 11.3 Å². The molecule has 3 aromatic carbocycles. The highest BCUT2D eigenvalue weighted by atomic mass is 32.1. The van der Waals surface area contributed by atoms with E-state index in [-0.39, 0.29) is 6.42 Å². The SMILES string of the molecule is O=C(O)CC/C(=C/c1ccc(Oc2ccccc2)cc1)c1nc2ccccc2s1. The molecule has 0 atom stereocenters. The molecule has 5 heteroatoms. The molecule has 0 amide bonds. The van der Waals surface area contributed by atoms with Crippen LogP contribution in [-0.2, 0) is 4.79 Å². The summed E-state index contributed by atoms with van der Waals surface area (Å²) in [6, 6.07) is 25.3. The van der Waals surface area contributed by atoms with Crippen LogP contribution in [0.1, 0.15) is 23.4 Å². The molecule has 1 N–H and O–H groups in total. The third-order valence-corrected chi connectivity index (χ3v) is 5.49. The lowest BCUT2D eigenvalue weighted by atomic mass is 10.1. The van der Waals surface area contributed by atoms with Crippen LogP contribution in [-0.4, -0.2) is 16.1 Å². The number of hydrogen-bond donors (Lipinski definition) is 1. The van der Waals surface area contributed by atoms with Crippen molar-refractivity contribution in [1.29, 1.82) is 0 Å². The van der Waals surface area contributed by atoms with Crippen molar-refractivity contribution in [3.05, 3.63) is 89.4 Å². The molecule has 0 spiro atoms. The molecule has 0 saturated carbocycles. The molecule has 4 aromatic rings. The van der Waals surface area contributed by atoms with Gasteiger partial charge in [0.15, 0.2) is 0 Å². The average molecular weight is 401 g/mol. The van der Waals surface area contributed by atoms with Crippen molar-refractivity contribution < 1.29 is 14.6 Å². The van der Waals surface area contributed by atoms with Gasteiger partial charge in [-0.3, -0.25) is 4.79 Å². The largest absolute Gasteiger partial charge is 0.481 e. The van der Waals surface area contributed by atoms with Gasteiger partial charge in [-0.25, -0.2) is 4.98 Å². The summed E-state index contributed by atoms with van der Waals surface area (Å²) < 4.78 is 6.93. The Balaban J connectivity index is 1.60. The summed E-state index contributed by atoms with van der Waals surface area (Å²) in [5.41, 5.74) is 2.83. The summed E-state index contributed by atoms with van der Waals surface area (Å²) in [5, 5.41) is 9.99. The number of benzene rings is 3. The highest BCUT2D eigenvalue weighted by Gasteiger charge is 2.11. The third-order valence-electron chi connectivity index (χ3n) is 4.38. The molecule has 4 nitrogen and oxygen atoms in total. The van der Waals surface area contributed by atoms with Gasteiger partial charge in [-0.15, -0.1) is 11.3 Å². The van der Waals surface area contributed by atoms with E-state index in [9.17, 15) is 4.79 Å². The van der Waals surface area contributed by atoms with Gasteiger partial charge < -0.3 is 9.84 Å². The Bertz CT molecular complexity index is 1110. The van der Waals surface area contributed by atoms with Gasteiger partial charge in [-0.05, 0) is 60.0 Å². The number of nitrogens with zero attached hydrogens (tertiary/aromatic N) is 1. The van der Waals surface area contributed by atoms with Gasteiger partial charge in [0.25, 0.3) is 0 Å². The van der Waals surface area contributed by atoms with Gasteiger partial charge in [0.05, 0.1) is 10.2 Å². The molecule has 29 heavy (non-hydrogen) atoms. The van der Waals surface area contributed by atoms with E-state index in [0.29, 0.717) is 6.42 Å². The molecular weight excluding hydrogens is 382 g/mol. The highest BCUT2D eigenvalue weighted by molar-refractivity contribution is 7.19. The van der Waals surface area contributed by atoms with Crippen molar-refractivity contribution in [3.8, 4) is 11.5 Å². The molecule has 1 heterocycles. The van der Waals surface area contributed by atoms with Crippen molar-refractivity contribution >= 4 is 39.2 Å². The molecule has 0 saturated heterocycles. The van der Waals surface area contributed by atoms with E-state index in [2.05, 4.69) is 0 Å². The second-order valence-electron chi connectivity index (χ2n) is 6.53.